The summed E-state index contributed by atoms with van der Waals surface area (Å²) in [6.07, 6.45) is 2.53. The van der Waals surface area contributed by atoms with Gasteiger partial charge in [-0.05, 0) is 12.3 Å². The smallest absolute Gasteiger partial charge is 0.0201 e. The van der Waals surface area contributed by atoms with Crippen LogP contribution in [0, 0.1) is 0 Å². The molecule has 5 heavy (non-hydrogen) atoms. The van der Waals surface area contributed by atoms with Gasteiger partial charge in [0.1, 0.15) is 0 Å². The van der Waals surface area contributed by atoms with Crippen molar-refractivity contribution < 1.29 is 0 Å². The van der Waals surface area contributed by atoms with Gasteiger partial charge in [0, 0.05) is 20.5 Å². The summed E-state index contributed by atoms with van der Waals surface area (Å²) in [5, 5.41) is 3.23. The van der Waals surface area contributed by atoms with E-state index in [1.807, 2.05) is 0 Å². The molecule has 0 unspecified atom stereocenters. The van der Waals surface area contributed by atoms with Crippen molar-refractivity contribution in [1.82, 2.24) is 5.32 Å². The summed E-state index contributed by atoms with van der Waals surface area (Å²) in [5.41, 5.74) is 0. The fourth-order valence-corrected chi connectivity index (χ4v) is 2.25. The lowest BCUT2D eigenvalue weighted by Crippen LogP contribution is -2.15. The van der Waals surface area contributed by atoms with Crippen molar-refractivity contribution in [3.8, 4) is 0 Å². The van der Waals surface area contributed by atoms with Crippen molar-refractivity contribution in [2.24, 2.45) is 0 Å². The van der Waals surface area contributed by atoms with E-state index in [1.54, 1.807) is 0 Å². The Labute approximate surface area is 39.0 Å². The molecule has 0 saturated carbocycles. The van der Waals surface area contributed by atoms with Gasteiger partial charge in [0.05, 0.1) is 0 Å². The maximum absolute atomic E-state index is 3.23. The van der Waals surface area contributed by atoms with Gasteiger partial charge >= 0.3 is 0 Å². The van der Waals surface area contributed by atoms with E-state index >= 15 is 0 Å². The standard InChI is InChI=1S/C2H11NSi2/c4-1-3-2-5/h3H,1-2H2,4-5H3. The lowest BCUT2D eigenvalue weighted by atomic mass is 11.2. The molecule has 0 heterocycles. The lowest BCUT2D eigenvalue weighted by molar-refractivity contribution is 0.933. The topological polar surface area (TPSA) is 12.0 Å². The fourth-order valence-electron chi connectivity index (χ4n) is 0.250. The fraction of sp³-hybridized carbons (Fsp3) is 1.00. The third-order valence-electron chi connectivity index (χ3n) is 0.500. The summed E-state index contributed by atoms with van der Waals surface area (Å²) in [6.45, 7) is 0. The van der Waals surface area contributed by atoms with E-state index in [0.29, 0.717) is 0 Å². The average molecular weight is 105 g/mol. The third-order valence-corrected chi connectivity index (χ3v) is 1.50. The average Bonchev–Trinajstić information content (AvgIpc) is 1.41. The largest absolute Gasteiger partial charge is 0.324 e. The van der Waals surface area contributed by atoms with Crippen LogP contribution < -0.4 is 5.32 Å². The molecule has 3 heteroatoms. The Morgan fingerprint density at radius 1 is 1.20 bits per heavy atom. The second-order valence-corrected chi connectivity index (χ2v) is 2.37. The molecule has 0 aliphatic rings. The van der Waals surface area contributed by atoms with Gasteiger partial charge in [-0.2, -0.15) is 0 Å². The molecule has 0 spiro atoms. The predicted molar refractivity (Wildman–Crippen MR) is 32.7 cm³/mol. The Hall–Kier alpha value is 0.394. The predicted octanol–water partition coefficient (Wildman–Crippen LogP) is -2.78. The van der Waals surface area contributed by atoms with Crippen molar-refractivity contribution in [1.29, 1.82) is 0 Å². The van der Waals surface area contributed by atoms with Crippen molar-refractivity contribution >= 4 is 20.5 Å². The van der Waals surface area contributed by atoms with Crippen LogP contribution in [0.3, 0.4) is 0 Å². The molecule has 0 aliphatic carbocycles. The Morgan fingerprint density at radius 2 is 1.60 bits per heavy atom. The van der Waals surface area contributed by atoms with Crippen molar-refractivity contribution in [3.05, 3.63) is 0 Å². The molecule has 0 aromatic heterocycles. The number of rotatable bonds is 2. The SMILES string of the molecule is [SiH3]CNC[SiH3]. The summed E-state index contributed by atoms with van der Waals surface area (Å²) in [4.78, 5) is 0. The first kappa shape index (κ1) is 5.39. The van der Waals surface area contributed by atoms with Gasteiger partial charge in [-0.15, -0.1) is 0 Å². The minimum Gasteiger partial charge on any atom is -0.324 e. The molecule has 0 aromatic carbocycles. The first-order chi connectivity index (χ1) is 2.41. The van der Waals surface area contributed by atoms with Gasteiger partial charge in [-0.25, -0.2) is 0 Å². The zero-order chi connectivity index (χ0) is 4.12. The van der Waals surface area contributed by atoms with Gasteiger partial charge < -0.3 is 5.32 Å². The normalized spacial score (nSPS) is 9.60. The van der Waals surface area contributed by atoms with Crippen LogP contribution in [0.1, 0.15) is 0 Å². The van der Waals surface area contributed by atoms with Crippen molar-refractivity contribution in [3.63, 3.8) is 0 Å². The van der Waals surface area contributed by atoms with Crippen LogP contribution in [0.4, 0.5) is 0 Å². The van der Waals surface area contributed by atoms with Crippen LogP contribution in [0.2, 0.25) is 0 Å². The van der Waals surface area contributed by atoms with Crippen molar-refractivity contribution in [2.75, 3.05) is 12.3 Å². The van der Waals surface area contributed by atoms with Gasteiger partial charge in [0.2, 0.25) is 0 Å². The van der Waals surface area contributed by atoms with Gasteiger partial charge in [0.15, 0.2) is 0 Å². The molecule has 0 aliphatic heterocycles. The van der Waals surface area contributed by atoms with Crippen LogP contribution >= 0.6 is 0 Å². The molecule has 0 atom stereocenters. The second kappa shape index (κ2) is 4.39. The van der Waals surface area contributed by atoms with E-state index in [1.165, 1.54) is 32.8 Å². The molecule has 0 fully saturated rings. The summed E-state index contributed by atoms with van der Waals surface area (Å²) in [7, 11) is 2.62. The Morgan fingerprint density at radius 3 is 1.60 bits per heavy atom. The van der Waals surface area contributed by atoms with Crippen molar-refractivity contribution in [2.45, 2.75) is 0 Å². The Bertz CT molecular complexity index is 15.1. The highest BCUT2D eigenvalue weighted by atomic mass is 28.1. The van der Waals surface area contributed by atoms with E-state index in [-0.39, 0.29) is 0 Å². The zero-order valence-electron chi connectivity index (χ0n) is 3.91. The van der Waals surface area contributed by atoms with Crippen LogP contribution in [0.25, 0.3) is 0 Å². The molecular weight excluding hydrogens is 94.2 g/mol. The molecule has 0 bridgehead atoms. The summed E-state index contributed by atoms with van der Waals surface area (Å²) < 4.78 is 0. The second-order valence-electron chi connectivity index (χ2n) is 0.957. The molecule has 32 valence electrons. The Kier molecular flexibility index (Phi) is 4.74. The zero-order valence-corrected chi connectivity index (χ0v) is 7.91. The Balaban J connectivity index is 2.19. The molecule has 0 radical (unpaired) electrons. The highest BCUT2D eigenvalue weighted by Crippen LogP contribution is 1.35. The molecule has 1 N–H and O–H groups in total. The molecule has 0 saturated heterocycles. The van der Waals surface area contributed by atoms with E-state index < -0.39 is 0 Å². The first-order valence-corrected chi connectivity index (χ1v) is 4.95. The maximum Gasteiger partial charge on any atom is 0.0201 e. The molecule has 0 amide bonds. The number of nitrogens with one attached hydrogen (secondary N) is 1. The van der Waals surface area contributed by atoms with E-state index in [0.717, 1.165) is 0 Å². The highest BCUT2D eigenvalue weighted by molar-refractivity contribution is 6.11. The molecule has 1 nitrogen and oxygen atoms in total. The summed E-state index contributed by atoms with van der Waals surface area (Å²) in [5.74, 6) is 0. The van der Waals surface area contributed by atoms with Gasteiger partial charge in [-0.1, -0.05) is 0 Å². The maximum atomic E-state index is 3.23. The number of hydrogen-bond donors (Lipinski definition) is 1. The van der Waals surface area contributed by atoms with Gasteiger partial charge in [0.25, 0.3) is 0 Å². The van der Waals surface area contributed by atoms with E-state index in [4.69, 9.17) is 0 Å². The van der Waals surface area contributed by atoms with E-state index in [9.17, 15) is 0 Å². The monoisotopic (exact) mass is 105 g/mol. The molecule has 0 rings (SSSR count). The molecule has 0 aromatic rings. The summed E-state index contributed by atoms with van der Waals surface area (Å²) in [6, 6.07) is 0. The highest BCUT2D eigenvalue weighted by Gasteiger charge is 1.63. The molecular formula is C2H11NSi2. The first-order valence-electron chi connectivity index (χ1n) is 2.12. The van der Waals surface area contributed by atoms with E-state index in [2.05, 4.69) is 5.32 Å². The van der Waals surface area contributed by atoms with Crippen LogP contribution in [0.15, 0.2) is 0 Å². The minimum absolute atomic E-state index is 1.27. The van der Waals surface area contributed by atoms with Gasteiger partial charge in [-0.3, -0.25) is 0 Å². The quantitative estimate of drug-likeness (QED) is 0.375. The lowest BCUT2D eigenvalue weighted by Gasteiger charge is -1.86. The van der Waals surface area contributed by atoms with Crippen LogP contribution in [-0.4, -0.2) is 32.8 Å². The summed E-state index contributed by atoms with van der Waals surface area (Å²) >= 11 is 0. The minimum atomic E-state index is 1.27. The third kappa shape index (κ3) is 4.39. The number of hydrogen-bond acceptors (Lipinski definition) is 1. The van der Waals surface area contributed by atoms with Crippen LogP contribution in [-0.2, 0) is 0 Å². The van der Waals surface area contributed by atoms with Crippen LogP contribution in [0.5, 0.6) is 0 Å².